The topological polar surface area (TPSA) is 49.4 Å². The molecule has 1 aliphatic heterocycles. The summed E-state index contributed by atoms with van der Waals surface area (Å²) >= 11 is 3.47. The molecule has 118 valence electrons. The lowest BCUT2D eigenvalue weighted by Gasteiger charge is -2.23. The number of carbonyl (C=O) groups is 2. The summed E-state index contributed by atoms with van der Waals surface area (Å²) in [7, 11) is 0. The monoisotopic (exact) mass is 372 g/mol. The summed E-state index contributed by atoms with van der Waals surface area (Å²) in [5.41, 5.74) is 2.87. The summed E-state index contributed by atoms with van der Waals surface area (Å²) < 4.78 is 0.957. The van der Waals surface area contributed by atoms with E-state index < -0.39 is 6.04 Å². The van der Waals surface area contributed by atoms with Gasteiger partial charge in [0.05, 0.1) is 0 Å². The average molecular weight is 373 g/mol. The van der Waals surface area contributed by atoms with Crippen LogP contribution >= 0.6 is 15.9 Å². The number of benzene rings is 2. The molecule has 0 saturated carbocycles. The van der Waals surface area contributed by atoms with Crippen LogP contribution in [0.1, 0.15) is 18.1 Å². The van der Waals surface area contributed by atoms with Gasteiger partial charge in [-0.15, -0.1) is 0 Å². The van der Waals surface area contributed by atoms with Crippen LogP contribution in [0.5, 0.6) is 0 Å². The number of nitrogens with zero attached hydrogens (tertiary/aromatic N) is 1. The maximum absolute atomic E-state index is 12.6. The van der Waals surface area contributed by atoms with E-state index in [1.165, 1.54) is 6.92 Å². The minimum atomic E-state index is -0.479. The Morgan fingerprint density at radius 1 is 1.17 bits per heavy atom. The van der Waals surface area contributed by atoms with Gasteiger partial charge in [-0.05, 0) is 23.3 Å². The van der Waals surface area contributed by atoms with E-state index in [1.807, 2.05) is 48.5 Å². The zero-order valence-corrected chi connectivity index (χ0v) is 14.3. The number of halogens is 1. The van der Waals surface area contributed by atoms with Gasteiger partial charge in [0.2, 0.25) is 11.8 Å². The fourth-order valence-electron chi connectivity index (χ4n) is 2.93. The van der Waals surface area contributed by atoms with Crippen LogP contribution in [0.4, 0.5) is 5.69 Å². The summed E-state index contributed by atoms with van der Waals surface area (Å²) in [6, 6.07) is 14.9. The van der Waals surface area contributed by atoms with E-state index >= 15 is 0 Å². The molecule has 2 amide bonds. The smallest absolute Gasteiger partial charge is 0.243 e. The molecular formula is C18H17BrN2O2. The van der Waals surface area contributed by atoms with E-state index in [0.29, 0.717) is 13.0 Å². The van der Waals surface area contributed by atoms with E-state index in [4.69, 9.17) is 0 Å². The van der Waals surface area contributed by atoms with Gasteiger partial charge in [0.1, 0.15) is 6.04 Å². The number of hydrogen-bond acceptors (Lipinski definition) is 2. The van der Waals surface area contributed by atoms with E-state index in [9.17, 15) is 9.59 Å². The molecular weight excluding hydrogens is 356 g/mol. The molecule has 0 unspecified atom stereocenters. The van der Waals surface area contributed by atoms with Crippen LogP contribution in [0.2, 0.25) is 0 Å². The molecule has 5 heteroatoms. The second kappa shape index (κ2) is 6.54. The van der Waals surface area contributed by atoms with Crippen molar-refractivity contribution in [3.05, 3.63) is 64.1 Å². The summed E-state index contributed by atoms with van der Waals surface area (Å²) in [6.45, 7) is 1.93. The minimum absolute atomic E-state index is 0.115. The van der Waals surface area contributed by atoms with Crippen molar-refractivity contribution in [1.82, 2.24) is 5.32 Å². The predicted molar refractivity (Wildman–Crippen MR) is 93.1 cm³/mol. The van der Waals surface area contributed by atoms with Crippen LogP contribution in [0.15, 0.2) is 53.0 Å². The zero-order valence-electron chi connectivity index (χ0n) is 12.8. The van der Waals surface area contributed by atoms with Gasteiger partial charge in [-0.1, -0.05) is 52.3 Å². The third-order valence-electron chi connectivity index (χ3n) is 4.03. The Hall–Kier alpha value is -2.14. The number of amides is 2. The van der Waals surface area contributed by atoms with E-state index in [1.54, 1.807) is 4.90 Å². The van der Waals surface area contributed by atoms with E-state index in [2.05, 4.69) is 21.2 Å². The molecule has 23 heavy (non-hydrogen) atoms. The van der Waals surface area contributed by atoms with E-state index in [0.717, 1.165) is 21.3 Å². The highest BCUT2D eigenvalue weighted by molar-refractivity contribution is 9.10. The number of para-hydroxylation sites is 1. The SMILES string of the molecule is CC(=O)N1c2ccccc2C[C@H]1C(=O)NCc1ccccc1Br. The maximum atomic E-state index is 12.6. The Labute approximate surface area is 143 Å². The molecule has 1 atom stereocenters. The minimum Gasteiger partial charge on any atom is -0.350 e. The van der Waals surface area contributed by atoms with Gasteiger partial charge in [0.15, 0.2) is 0 Å². The van der Waals surface area contributed by atoms with Gasteiger partial charge >= 0.3 is 0 Å². The molecule has 2 aromatic rings. The second-order valence-electron chi connectivity index (χ2n) is 5.55. The Kier molecular flexibility index (Phi) is 4.48. The van der Waals surface area contributed by atoms with Crippen LogP contribution in [0.3, 0.4) is 0 Å². The predicted octanol–water partition coefficient (Wildman–Crippen LogP) is 3.04. The molecule has 0 bridgehead atoms. The van der Waals surface area contributed by atoms with Crippen LogP contribution in [-0.4, -0.2) is 17.9 Å². The van der Waals surface area contributed by atoms with Gasteiger partial charge < -0.3 is 5.32 Å². The molecule has 0 radical (unpaired) electrons. The largest absolute Gasteiger partial charge is 0.350 e. The molecule has 1 N–H and O–H groups in total. The Bertz CT molecular complexity index is 760. The van der Waals surface area contributed by atoms with Crippen LogP contribution in [-0.2, 0) is 22.6 Å². The van der Waals surface area contributed by atoms with Crippen molar-refractivity contribution < 1.29 is 9.59 Å². The fraction of sp³-hybridized carbons (Fsp3) is 0.222. The van der Waals surface area contributed by atoms with Crippen LogP contribution in [0.25, 0.3) is 0 Å². The summed E-state index contributed by atoms with van der Waals surface area (Å²) in [5, 5.41) is 2.94. The molecule has 0 spiro atoms. The maximum Gasteiger partial charge on any atom is 0.243 e. The van der Waals surface area contributed by atoms with Crippen LogP contribution < -0.4 is 10.2 Å². The van der Waals surface area contributed by atoms with Gasteiger partial charge in [0, 0.05) is 30.0 Å². The molecule has 0 saturated heterocycles. The fourth-order valence-corrected chi connectivity index (χ4v) is 3.35. The molecule has 0 aliphatic carbocycles. The number of rotatable bonds is 3. The van der Waals surface area contributed by atoms with Crippen molar-refractivity contribution in [3.8, 4) is 0 Å². The summed E-state index contributed by atoms with van der Waals surface area (Å²) in [6.07, 6.45) is 0.553. The van der Waals surface area contributed by atoms with Gasteiger partial charge in [-0.2, -0.15) is 0 Å². The Morgan fingerprint density at radius 2 is 1.87 bits per heavy atom. The van der Waals surface area contributed by atoms with Crippen molar-refractivity contribution >= 4 is 33.4 Å². The average Bonchev–Trinajstić information content (AvgIpc) is 2.93. The quantitative estimate of drug-likeness (QED) is 0.899. The number of nitrogens with one attached hydrogen (secondary N) is 1. The summed E-state index contributed by atoms with van der Waals surface area (Å²) in [4.78, 5) is 26.2. The molecule has 4 nitrogen and oxygen atoms in total. The normalized spacial score (nSPS) is 16.1. The lowest BCUT2D eigenvalue weighted by atomic mass is 10.1. The van der Waals surface area contributed by atoms with Gasteiger partial charge in [-0.3, -0.25) is 14.5 Å². The molecule has 0 aromatic heterocycles. The van der Waals surface area contributed by atoms with Crippen LogP contribution in [0, 0.1) is 0 Å². The molecule has 0 fully saturated rings. The third-order valence-corrected chi connectivity index (χ3v) is 4.80. The standard InChI is InChI=1S/C18H17BrN2O2/c1-12(22)21-16-9-5-3-6-13(16)10-17(21)18(23)20-11-14-7-2-4-8-15(14)19/h2-9,17H,10-11H2,1H3,(H,20,23)/t17-/m0/s1. The molecule has 1 heterocycles. The Balaban J connectivity index is 1.75. The molecule has 3 rings (SSSR count). The van der Waals surface area contributed by atoms with Crippen molar-refractivity contribution in [3.63, 3.8) is 0 Å². The highest BCUT2D eigenvalue weighted by Crippen LogP contribution is 2.32. The van der Waals surface area contributed by atoms with E-state index in [-0.39, 0.29) is 11.8 Å². The highest BCUT2D eigenvalue weighted by atomic mass is 79.9. The third kappa shape index (κ3) is 3.15. The molecule has 1 aliphatic rings. The van der Waals surface area contributed by atoms with Gasteiger partial charge in [-0.25, -0.2) is 0 Å². The second-order valence-corrected chi connectivity index (χ2v) is 6.40. The van der Waals surface area contributed by atoms with Gasteiger partial charge in [0.25, 0.3) is 0 Å². The number of carbonyl (C=O) groups excluding carboxylic acids is 2. The molecule has 2 aromatic carbocycles. The first-order valence-electron chi connectivity index (χ1n) is 7.46. The lowest BCUT2D eigenvalue weighted by molar-refractivity contribution is -0.125. The zero-order chi connectivity index (χ0) is 16.4. The summed E-state index contributed by atoms with van der Waals surface area (Å²) in [5.74, 6) is -0.247. The Morgan fingerprint density at radius 3 is 2.61 bits per heavy atom. The van der Waals surface area contributed by atoms with Crippen molar-refractivity contribution in [1.29, 1.82) is 0 Å². The first-order chi connectivity index (χ1) is 11.1. The lowest BCUT2D eigenvalue weighted by Crippen LogP contribution is -2.47. The van der Waals surface area contributed by atoms with Crippen molar-refractivity contribution in [2.24, 2.45) is 0 Å². The first-order valence-corrected chi connectivity index (χ1v) is 8.26. The number of hydrogen-bond donors (Lipinski definition) is 1. The van der Waals surface area contributed by atoms with Crippen molar-refractivity contribution in [2.45, 2.75) is 25.9 Å². The van der Waals surface area contributed by atoms with Crippen molar-refractivity contribution in [2.75, 3.05) is 4.90 Å². The number of anilines is 1. The first kappa shape index (κ1) is 15.7. The number of fused-ring (bicyclic) bond motifs is 1. The highest BCUT2D eigenvalue weighted by Gasteiger charge is 2.36.